The van der Waals surface area contributed by atoms with Crippen molar-refractivity contribution in [2.75, 3.05) is 24.3 Å². The van der Waals surface area contributed by atoms with Gasteiger partial charge in [0.15, 0.2) is 5.57 Å². The van der Waals surface area contributed by atoms with Gasteiger partial charge in [0, 0.05) is 11.9 Å². The molecule has 0 atom stereocenters. The van der Waals surface area contributed by atoms with E-state index in [1.807, 2.05) is 24.3 Å². The highest BCUT2D eigenvalue weighted by atomic mass is 32.2. The summed E-state index contributed by atoms with van der Waals surface area (Å²) < 4.78 is 34.5. The van der Waals surface area contributed by atoms with Crippen LogP contribution in [0.1, 0.15) is 0 Å². The zero-order valence-electron chi connectivity index (χ0n) is 11.5. The monoisotopic (exact) mass is 340 g/mol. The molecule has 2 rings (SSSR count). The Labute approximate surface area is 131 Å². The fourth-order valence-electron chi connectivity index (χ4n) is 1.81. The molecule has 7 nitrogen and oxygen atoms in total. The molecule has 1 aliphatic rings. The molecule has 0 fully saturated rings. The second kappa shape index (κ2) is 6.39. The first-order valence-electron chi connectivity index (χ1n) is 6.11. The lowest BCUT2D eigenvalue weighted by molar-refractivity contribution is -0.137. The zero-order valence-corrected chi connectivity index (χ0v) is 13.1. The minimum atomic E-state index is -4.22. The smallest absolute Gasteiger partial charge is 0.351 e. The van der Waals surface area contributed by atoms with E-state index in [2.05, 4.69) is 0 Å². The van der Waals surface area contributed by atoms with E-state index in [1.165, 1.54) is 11.8 Å². The Balaban J connectivity index is 2.19. The zero-order chi connectivity index (χ0) is 16.3. The lowest BCUT2D eigenvalue weighted by Crippen LogP contribution is -2.19. The first kappa shape index (κ1) is 16.4. The third kappa shape index (κ3) is 3.59. The number of para-hydroxylation sites is 1. The predicted molar refractivity (Wildman–Crippen MR) is 80.7 cm³/mol. The Morgan fingerprint density at radius 2 is 2.14 bits per heavy atom. The number of nitrogens with zero attached hydrogens (tertiary/aromatic N) is 2. The maximum atomic E-state index is 11.9. The summed E-state index contributed by atoms with van der Waals surface area (Å²) in [5.74, 6) is -1.64. The third-order valence-electron chi connectivity index (χ3n) is 2.84. The van der Waals surface area contributed by atoms with Gasteiger partial charge in [-0.1, -0.05) is 23.9 Å². The molecule has 1 aliphatic heterocycles. The average Bonchev–Trinajstić information content (AvgIpc) is 2.76. The van der Waals surface area contributed by atoms with Gasteiger partial charge in [-0.05, 0) is 12.1 Å². The van der Waals surface area contributed by atoms with Crippen molar-refractivity contribution in [1.29, 1.82) is 5.26 Å². The van der Waals surface area contributed by atoms with E-state index in [-0.39, 0.29) is 5.57 Å². The van der Waals surface area contributed by atoms with Crippen molar-refractivity contribution in [3.63, 3.8) is 0 Å². The number of nitriles is 1. The molecule has 1 heterocycles. The van der Waals surface area contributed by atoms with Gasteiger partial charge >= 0.3 is 5.97 Å². The third-order valence-corrected chi connectivity index (χ3v) is 4.76. The van der Waals surface area contributed by atoms with Crippen molar-refractivity contribution < 1.29 is 22.5 Å². The van der Waals surface area contributed by atoms with Crippen LogP contribution in [-0.2, 0) is 19.6 Å². The number of fused-ring (bicyclic) bond motifs is 1. The van der Waals surface area contributed by atoms with E-state index in [9.17, 15) is 18.5 Å². The van der Waals surface area contributed by atoms with Crippen molar-refractivity contribution in [3.05, 3.63) is 34.9 Å². The predicted octanol–water partition coefficient (Wildman–Crippen LogP) is 1.39. The molecule has 1 N–H and O–H groups in total. The van der Waals surface area contributed by atoms with Crippen LogP contribution in [0.3, 0.4) is 0 Å². The summed E-state index contributed by atoms with van der Waals surface area (Å²) in [7, 11) is -2.50. The van der Waals surface area contributed by atoms with Crippen LogP contribution in [0.2, 0.25) is 0 Å². The second-order valence-electron chi connectivity index (χ2n) is 4.34. The minimum Gasteiger partial charge on any atom is -0.460 e. The van der Waals surface area contributed by atoms with Crippen molar-refractivity contribution >= 4 is 33.5 Å². The normalized spacial score (nSPS) is 16.0. The van der Waals surface area contributed by atoms with Crippen LogP contribution in [0, 0.1) is 11.3 Å². The van der Waals surface area contributed by atoms with Gasteiger partial charge in [0.2, 0.25) is 0 Å². The quantitative estimate of drug-likeness (QED) is 0.379. The number of thioether (sulfide) groups is 1. The number of hydrogen-bond donors (Lipinski definition) is 1. The highest BCUT2D eigenvalue weighted by molar-refractivity contribution is 8.03. The standard InChI is InChI=1S/C13H12N2O5S2/c1-15-10-4-2-3-5-11(10)21-12(15)9(8-14)13(16)20-6-7-22(17,18)19/h2-5H,6-7H2,1H3,(H,17,18,19). The van der Waals surface area contributed by atoms with Crippen LogP contribution in [-0.4, -0.2) is 38.3 Å². The minimum absolute atomic E-state index is 0.209. The van der Waals surface area contributed by atoms with Gasteiger partial charge in [-0.15, -0.1) is 0 Å². The highest BCUT2D eigenvalue weighted by Gasteiger charge is 2.28. The number of carbonyl (C=O) groups excluding carboxylic acids is 1. The molecule has 0 aliphatic carbocycles. The molecule has 0 saturated carbocycles. The molecular formula is C13H12N2O5S2. The Hall–Kier alpha value is -2.02. The summed E-state index contributed by atoms with van der Waals surface area (Å²) in [5.41, 5.74) is 0.653. The van der Waals surface area contributed by atoms with Gasteiger partial charge in [0.25, 0.3) is 10.1 Å². The van der Waals surface area contributed by atoms with E-state index in [4.69, 9.17) is 9.29 Å². The summed E-state index contributed by atoms with van der Waals surface area (Å²) >= 11 is 1.26. The number of ether oxygens (including phenoxy) is 1. The van der Waals surface area contributed by atoms with Crippen LogP contribution in [0.25, 0.3) is 0 Å². The molecule has 1 aromatic rings. The van der Waals surface area contributed by atoms with Gasteiger partial charge in [-0.2, -0.15) is 13.7 Å². The van der Waals surface area contributed by atoms with Crippen molar-refractivity contribution in [2.24, 2.45) is 0 Å². The molecule has 0 saturated heterocycles. The summed E-state index contributed by atoms with van der Waals surface area (Å²) in [5, 5.41) is 9.61. The highest BCUT2D eigenvalue weighted by Crippen LogP contribution is 2.46. The Kier molecular flexibility index (Phi) is 4.75. The maximum Gasteiger partial charge on any atom is 0.351 e. The average molecular weight is 340 g/mol. The first-order valence-corrected chi connectivity index (χ1v) is 8.53. The van der Waals surface area contributed by atoms with Gasteiger partial charge < -0.3 is 9.64 Å². The van der Waals surface area contributed by atoms with Crippen LogP contribution >= 0.6 is 11.8 Å². The van der Waals surface area contributed by atoms with Gasteiger partial charge in [0.1, 0.15) is 23.5 Å². The Morgan fingerprint density at radius 1 is 1.45 bits per heavy atom. The largest absolute Gasteiger partial charge is 0.460 e. The van der Waals surface area contributed by atoms with E-state index in [1.54, 1.807) is 18.0 Å². The molecule has 0 amide bonds. The summed E-state index contributed by atoms with van der Waals surface area (Å²) in [4.78, 5) is 14.5. The molecule has 22 heavy (non-hydrogen) atoms. The molecule has 0 radical (unpaired) electrons. The van der Waals surface area contributed by atoms with Gasteiger partial charge in [0.05, 0.1) is 5.69 Å². The van der Waals surface area contributed by atoms with Crippen molar-refractivity contribution in [1.82, 2.24) is 0 Å². The lowest BCUT2D eigenvalue weighted by atomic mass is 10.3. The molecule has 0 spiro atoms. The van der Waals surface area contributed by atoms with Gasteiger partial charge in [-0.25, -0.2) is 4.79 Å². The maximum absolute atomic E-state index is 11.9. The van der Waals surface area contributed by atoms with E-state index in [0.717, 1.165) is 10.6 Å². The molecule has 116 valence electrons. The van der Waals surface area contributed by atoms with Crippen LogP contribution < -0.4 is 4.90 Å². The lowest BCUT2D eigenvalue weighted by Gasteiger charge is -2.14. The van der Waals surface area contributed by atoms with Crippen molar-refractivity contribution in [3.8, 4) is 6.07 Å². The van der Waals surface area contributed by atoms with Gasteiger partial charge in [-0.3, -0.25) is 4.55 Å². The second-order valence-corrected chi connectivity index (χ2v) is 6.95. The van der Waals surface area contributed by atoms with Crippen LogP contribution in [0.4, 0.5) is 5.69 Å². The number of esters is 1. The summed E-state index contributed by atoms with van der Waals surface area (Å²) in [6.45, 7) is -0.516. The molecule has 1 aromatic carbocycles. The first-order chi connectivity index (χ1) is 10.3. The van der Waals surface area contributed by atoms with E-state index < -0.39 is 28.4 Å². The van der Waals surface area contributed by atoms with E-state index in [0.29, 0.717) is 5.03 Å². The van der Waals surface area contributed by atoms with Crippen LogP contribution in [0.15, 0.2) is 39.8 Å². The van der Waals surface area contributed by atoms with Crippen molar-refractivity contribution in [2.45, 2.75) is 4.90 Å². The molecule has 0 aromatic heterocycles. The number of benzene rings is 1. The molecule has 9 heteroatoms. The summed E-state index contributed by atoms with van der Waals surface area (Å²) in [6, 6.07) is 9.19. The number of anilines is 1. The Bertz CT molecular complexity index is 780. The van der Waals surface area contributed by atoms with E-state index >= 15 is 0 Å². The van der Waals surface area contributed by atoms with Crippen LogP contribution in [0.5, 0.6) is 0 Å². The number of rotatable bonds is 4. The number of hydrogen-bond acceptors (Lipinski definition) is 7. The molecular weight excluding hydrogens is 328 g/mol. The topological polar surface area (TPSA) is 108 Å². The summed E-state index contributed by atoms with van der Waals surface area (Å²) in [6.07, 6.45) is 0. The molecule has 0 bridgehead atoms. The fraction of sp³-hybridized carbons (Fsp3) is 0.231. The Morgan fingerprint density at radius 3 is 2.73 bits per heavy atom. The molecule has 0 unspecified atom stereocenters. The number of carbonyl (C=O) groups is 1. The fourth-order valence-corrected chi connectivity index (χ4v) is 3.24. The SMILES string of the molecule is CN1C(=C(C#N)C(=O)OCCS(=O)(=O)O)Sc2ccccc21.